The van der Waals surface area contributed by atoms with Crippen molar-refractivity contribution in [3.05, 3.63) is 363 Å². The third kappa shape index (κ3) is 19.5. The Bertz CT molecular complexity index is 9160. The van der Waals surface area contributed by atoms with Crippen molar-refractivity contribution in [1.82, 2.24) is 56.5 Å². The van der Waals surface area contributed by atoms with Gasteiger partial charge in [-0.05, 0) is 157 Å². The molecule has 0 saturated heterocycles. The molecule has 0 saturated carbocycles. The van der Waals surface area contributed by atoms with Gasteiger partial charge < -0.3 is 48.4 Å². The molecule has 2 N–H and O–H groups in total. The fraction of sp³-hybridized carbons (Fsp3) is 0.148. The Morgan fingerprint density at radius 3 is 0.980 bits per heavy atom. The van der Waals surface area contributed by atoms with E-state index >= 15 is 8.78 Å². The quantitative estimate of drug-likeness (QED) is 0.0388. The number of carbonyl (C=O) groups excluding carboxylic acids is 2. The van der Waals surface area contributed by atoms with Gasteiger partial charge in [0.25, 0.3) is 5.91 Å². The van der Waals surface area contributed by atoms with E-state index in [2.05, 4.69) is 19.9 Å². The minimum absolute atomic E-state index is 0.0108. The van der Waals surface area contributed by atoms with Gasteiger partial charge in [0.15, 0.2) is 57.9 Å². The molecule has 2 atom stereocenters. The maximum Gasteiger partial charge on any atom is 0.333 e. The molecule has 20 rings (SSSR count). The normalized spacial score (nSPS) is 11.5. The highest BCUT2D eigenvalue weighted by Crippen LogP contribution is 2.44. The first kappa shape index (κ1) is 100. The van der Waals surface area contributed by atoms with Crippen LogP contribution in [0.5, 0.6) is 46.0 Å². The van der Waals surface area contributed by atoms with Crippen molar-refractivity contribution in [2.24, 2.45) is 33.9 Å². The van der Waals surface area contributed by atoms with Gasteiger partial charge in [0, 0.05) is 110 Å². The van der Waals surface area contributed by atoms with Crippen molar-refractivity contribution >= 4 is 111 Å². The number of nitrogens with zero attached hydrogens (tertiary/aromatic N) is 16. The van der Waals surface area contributed by atoms with Crippen LogP contribution in [0.25, 0.3) is 110 Å². The number of fused-ring (bicyclic) bond motifs is 12. The Balaban J connectivity index is 0.000000135. The average Bonchev–Trinajstić information content (AvgIpc) is 1.59. The average molecular weight is 2020 g/mol. The Labute approximate surface area is 837 Å². The number of methoxy groups -OCH3 is 5. The molecule has 1 amide bonds. The predicted molar refractivity (Wildman–Crippen MR) is 534 cm³/mol. The first-order valence-electron chi connectivity index (χ1n) is 44.7. The number of ether oxygens (including phenoxy) is 9. The number of pyridine rings is 4. The van der Waals surface area contributed by atoms with Crippen molar-refractivity contribution < 1.29 is 83.0 Å². The van der Waals surface area contributed by atoms with Crippen molar-refractivity contribution in [3.63, 3.8) is 0 Å². The van der Waals surface area contributed by atoms with Crippen LogP contribution in [-0.4, -0.2) is 110 Å². The van der Waals surface area contributed by atoms with Gasteiger partial charge in [0.1, 0.15) is 53.9 Å². The Kier molecular flexibility index (Phi) is 28.8. The molecule has 40 heteroatoms. The van der Waals surface area contributed by atoms with Gasteiger partial charge in [-0.1, -0.05) is 42.5 Å². The summed E-state index contributed by atoms with van der Waals surface area (Å²) in [5, 5.41) is 40.4. The van der Waals surface area contributed by atoms with E-state index in [4.69, 9.17) is 64.2 Å². The van der Waals surface area contributed by atoms with Gasteiger partial charge in [-0.15, -0.1) is 11.3 Å². The lowest BCUT2D eigenvalue weighted by Crippen LogP contribution is -2.26. The molecule has 742 valence electrons. The number of thiophene rings is 1. The van der Waals surface area contributed by atoms with E-state index in [1.54, 1.807) is 107 Å². The molecule has 0 aliphatic heterocycles. The summed E-state index contributed by atoms with van der Waals surface area (Å²) in [6.45, 7) is 0.883. The molecule has 0 fully saturated rings. The van der Waals surface area contributed by atoms with E-state index in [1.807, 2.05) is 41.8 Å². The Morgan fingerprint density at radius 2 is 0.682 bits per heavy atom. The molecular formula is C108H80F7N17O15S. The zero-order chi connectivity index (χ0) is 105. The van der Waals surface area contributed by atoms with Crippen LogP contribution in [0.15, 0.2) is 256 Å². The van der Waals surface area contributed by atoms with Gasteiger partial charge in [-0.25, -0.2) is 49.9 Å². The lowest BCUT2D eigenvalue weighted by atomic mass is 10.0. The number of halogens is 7. The number of amides is 1. The number of imidazole rings is 4. The number of nitrogens with two attached hydrogens (primary N) is 1. The zero-order valence-corrected chi connectivity index (χ0v) is 80.4. The molecule has 0 spiro atoms. The minimum Gasteiger partial charge on any atom is -0.493 e. The molecule has 32 nitrogen and oxygen atoms in total. The number of hydrogen-bond acceptors (Lipinski definition) is 24. The summed E-state index contributed by atoms with van der Waals surface area (Å²) in [6, 6.07) is 56.6. The van der Waals surface area contributed by atoms with Gasteiger partial charge >= 0.3 is 22.8 Å². The minimum atomic E-state index is -1.29. The van der Waals surface area contributed by atoms with Crippen LogP contribution in [0.4, 0.5) is 30.7 Å². The summed E-state index contributed by atoms with van der Waals surface area (Å²) in [5.41, 5.74) is 10.9. The summed E-state index contributed by atoms with van der Waals surface area (Å²) in [5.74, 6) is -2.77. The third-order valence-corrected chi connectivity index (χ3v) is 25.2. The largest absolute Gasteiger partial charge is 0.493 e. The van der Waals surface area contributed by atoms with E-state index < -0.39 is 75.8 Å². The molecule has 0 aliphatic carbocycles. The summed E-state index contributed by atoms with van der Waals surface area (Å²) < 4.78 is 162. The lowest BCUT2D eigenvalue weighted by Gasteiger charge is -2.21. The molecule has 20 aromatic rings. The van der Waals surface area contributed by atoms with Gasteiger partial charge in [-0.3, -0.25) is 66.1 Å². The molecule has 9 heterocycles. The van der Waals surface area contributed by atoms with Gasteiger partial charge in [0.05, 0.1) is 189 Å². The SMILES string of the molecule is COCCCC(=O)C(Oc1cc2c(cc1OC)ncc1c2n(-c2ccc(C#N)cc2F)c(=O)n1C)c1ccc(F)cc1.COc1cc2ncc3c(c2cc1OC(C(N)=O)c1ccc(F)cc1)n(-c1ccc(C#N)cc1F)c(=O)n3C.COc1cc2ncc3c(c2cc1OCc1ccc(F)cc1)n(-c1ccc(C#N)cc1F)c(=O)n3C.COc1cc2ncc3c(c2cc1OCc1cccs1)n(-c1ccc(C#N)cc1F)c(=O)n3C. The number of Topliss-reactive ketones (excluding diaryl/α,β-unsaturated/α-hetero) is 1. The summed E-state index contributed by atoms with van der Waals surface area (Å²) in [7, 11) is 13.7. The second-order valence-corrected chi connectivity index (χ2v) is 34.2. The van der Waals surface area contributed by atoms with Crippen LogP contribution in [-0.2, 0) is 55.7 Å². The summed E-state index contributed by atoms with van der Waals surface area (Å²) >= 11 is 1.58. The fourth-order valence-electron chi connectivity index (χ4n) is 16.9. The third-order valence-electron chi connectivity index (χ3n) is 24.4. The van der Waals surface area contributed by atoms with Crippen molar-refractivity contribution in [2.45, 2.75) is 38.3 Å². The molecule has 148 heavy (non-hydrogen) atoms. The monoisotopic (exact) mass is 2020 g/mol. The van der Waals surface area contributed by atoms with Crippen molar-refractivity contribution in [3.8, 4) is 93.0 Å². The second-order valence-electron chi connectivity index (χ2n) is 33.2. The number of aryl methyl sites for hydroxylation is 4. The van der Waals surface area contributed by atoms with Crippen LogP contribution in [0, 0.1) is 86.0 Å². The van der Waals surface area contributed by atoms with E-state index in [9.17, 15) is 56.0 Å². The highest BCUT2D eigenvalue weighted by molar-refractivity contribution is 7.09. The van der Waals surface area contributed by atoms with E-state index in [0.717, 1.165) is 34.7 Å². The van der Waals surface area contributed by atoms with Gasteiger partial charge in [-0.2, -0.15) is 21.0 Å². The number of hydrogen-bond donors (Lipinski definition) is 1. The highest BCUT2D eigenvalue weighted by Gasteiger charge is 2.31. The Morgan fingerprint density at radius 1 is 0.378 bits per heavy atom. The predicted octanol–water partition coefficient (Wildman–Crippen LogP) is 17.9. The summed E-state index contributed by atoms with van der Waals surface area (Å²) in [6.07, 6.45) is 4.30. The molecule has 0 aliphatic rings. The van der Waals surface area contributed by atoms with Crippen molar-refractivity contribution in [1.29, 1.82) is 21.0 Å². The number of rotatable bonds is 26. The highest BCUT2D eigenvalue weighted by atomic mass is 32.1. The topological polar surface area (TPSA) is 398 Å². The Hall–Kier alpha value is -19.2. The first-order chi connectivity index (χ1) is 71.4. The number of carbonyl (C=O) groups is 2. The maximum atomic E-state index is 15.2. The summed E-state index contributed by atoms with van der Waals surface area (Å²) in [4.78, 5) is 97.4. The number of benzene rings is 11. The smallest absolute Gasteiger partial charge is 0.333 e. The number of aromatic nitrogens is 12. The molecule has 11 aromatic carbocycles. The molecule has 0 bridgehead atoms. The van der Waals surface area contributed by atoms with Crippen LogP contribution < -0.4 is 66.4 Å². The number of ketones is 1. The number of nitriles is 4. The van der Waals surface area contributed by atoms with Crippen LogP contribution in [0.3, 0.4) is 0 Å². The first-order valence-corrected chi connectivity index (χ1v) is 45.6. The molecular weight excluding hydrogens is 1940 g/mol. The fourth-order valence-corrected chi connectivity index (χ4v) is 17.6. The molecule has 2 unspecified atom stereocenters. The molecule has 9 aromatic heterocycles. The maximum absolute atomic E-state index is 15.2. The number of primary amides is 1. The molecule has 0 radical (unpaired) electrons. The van der Waals surface area contributed by atoms with E-state index in [-0.39, 0.29) is 92.6 Å². The lowest BCUT2D eigenvalue weighted by molar-refractivity contribution is -0.126. The van der Waals surface area contributed by atoms with Crippen molar-refractivity contribution in [2.75, 3.05) is 42.2 Å². The van der Waals surface area contributed by atoms with Crippen LogP contribution in [0.2, 0.25) is 0 Å². The van der Waals surface area contributed by atoms with E-state index in [0.29, 0.717) is 142 Å². The standard InChI is InChI=1S/C31H26F2N4O5.C27H19F2N5O4.C26H18F2N4O3.C24H17FN4O3S/c1-36-25-17-35-23-15-27(41-3)28(42-30(26(38)5-4-12-40-2)19-7-9-20(32)10-8-19)14-21(23)29(25)37(31(36)39)24-11-6-18(16-34)13-22(24)33;1-33-21-13-32-19-11-22(37-2)23(38-25(26(31)35)15-4-6-16(28)7-5-15)10-17(19)24(21)34(27(33)36)20-8-3-14(12-30)9-18(20)29;1-31-22-13-30-20-11-23(34-2)24(35-14-15-3-6-17(27)7-4-15)10-18(20)25(22)32(26(31)33)21-8-5-16(12-29)9-19(21)28;1-28-20-12-27-18-10-21(31-2)22(32-13-15-4-3-7-33-15)9-16(18)23(20)29(24(28)30)19-6-5-14(11-26)8-17(19)25/h6-11,13-15,17,30H,4-5,12H2,1-3H3;3-11,13,25H,1-2H3,(H2,31,35);3-11,13H,14H2,1-2H3;3-10,12H,13H2,1-2H3. The zero-order valence-electron chi connectivity index (χ0n) is 79.6. The second kappa shape index (κ2) is 42.5. The van der Waals surface area contributed by atoms with Crippen LogP contribution in [0.1, 0.15) is 68.9 Å². The van der Waals surface area contributed by atoms with Crippen LogP contribution >= 0.6 is 11.3 Å². The van der Waals surface area contributed by atoms with E-state index in [1.165, 1.54) is 199 Å². The van der Waals surface area contributed by atoms with Gasteiger partial charge in [0.2, 0.25) is 6.10 Å².